The average molecular weight is 204 g/mol. The maximum absolute atomic E-state index is 4.39. The summed E-state index contributed by atoms with van der Waals surface area (Å²) in [5, 5.41) is 4.51. The molecule has 0 amide bonds. The Kier molecular flexibility index (Phi) is 5.69. The summed E-state index contributed by atoms with van der Waals surface area (Å²) in [5.74, 6) is 2.47. The molecule has 1 aliphatic heterocycles. The van der Waals surface area contributed by atoms with Gasteiger partial charge in [-0.2, -0.15) is 11.8 Å². The lowest BCUT2D eigenvalue weighted by Gasteiger charge is -2.12. The molecule has 0 aromatic heterocycles. The van der Waals surface area contributed by atoms with Crippen molar-refractivity contribution < 1.29 is 0 Å². The summed E-state index contributed by atoms with van der Waals surface area (Å²) in [6.45, 7) is 2.09. The van der Waals surface area contributed by atoms with Crippen LogP contribution in [0, 0.1) is 0 Å². The molecular formula is C8H16N2S2. The van der Waals surface area contributed by atoms with Gasteiger partial charge in [0.05, 0.1) is 0 Å². The first-order valence-electron chi connectivity index (χ1n) is 4.33. The summed E-state index contributed by atoms with van der Waals surface area (Å²) in [4.78, 5) is 4.39. The van der Waals surface area contributed by atoms with Crippen LogP contribution in [-0.2, 0) is 0 Å². The third kappa shape index (κ3) is 4.26. The minimum absolute atomic E-state index is 1.01. The Morgan fingerprint density at radius 1 is 1.67 bits per heavy atom. The van der Waals surface area contributed by atoms with Crippen molar-refractivity contribution in [3.8, 4) is 0 Å². The molecule has 2 nitrogen and oxygen atoms in total. The molecule has 0 atom stereocenters. The quantitative estimate of drug-likeness (QED) is 0.707. The zero-order valence-electron chi connectivity index (χ0n) is 7.51. The van der Waals surface area contributed by atoms with Gasteiger partial charge in [-0.15, -0.1) is 0 Å². The van der Waals surface area contributed by atoms with E-state index in [1.165, 1.54) is 24.3 Å². The number of thioether (sulfide) groups is 2. The molecule has 4 heteroatoms. The number of rotatable bonds is 4. The largest absolute Gasteiger partial charge is 0.365 e. The lowest BCUT2D eigenvalue weighted by atomic mass is 10.5. The second-order valence-electron chi connectivity index (χ2n) is 2.66. The molecule has 0 aliphatic carbocycles. The highest BCUT2D eigenvalue weighted by atomic mass is 32.2. The van der Waals surface area contributed by atoms with E-state index in [2.05, 4.69) is 16.6 Å². The van der Waals surface area contributed by atoms with E-state index in [4.69, 9.17) is 0 Å². The van der Waals surface area contributed by atoms with Crippen molar-refractivity contribution in [1.29, 1.82) is 0 Å². The average Bonchev–Trinajstić information content (AvgIpc) is 2.14. The molecule has 0 unspecified atom stereocenters. The van der Waals surface area contributed by atoms with Crippen LogP contribution in [-0.4, -0.2) is 36.0 Å². The molecule has 0 aromatic rings. The van der Waals surface area contributed by atoms with Crippen LogP contribution in [0.1, 0.15) is 12.8 Å². The topological polar surface area (TPSA) is 24.4 Å². The van der Waals surface area contributed by atoms with Crippen molar-refractivity contribution >= 4 is 28.7 Å². The number of nitrogens with one attached hydrogen (secondary N) is 1. The fourth-order valence-electron chi connectivity index (χ4n) is 0.978. The van der Waals surface area contributed by atoms with E-state index in [-0.39, 0.29) is 0 Å². The first-order valence-corrected chi connectivity index (χ1v) is 6.71. The van der Waals surface area contributed by atoms with Gasteiger partial charge in [0.2, 0.25) is 0 Å². The van der Waals surface area contributed by atoms with Crippen LogP contribution < -0.4 is 5.32 Å². The minimum atomic E-state index is 1.01. The monoisotopic (exact) mass is 204 g/mol. The van der Waals surface area contributed by atoms with Gasteiger partial charge in [-0.25, -0.2) is 0 Å². The van der Waals surface area contributed by atoms with Gasteiger partial charge in [-0.1, -0.05) is 11.8 Å². The SMILES string of the molecule is CSCCCNC1=NCCCS1. The highest BCUT2D eigenvalue weighted by molar-refractivity contribution is 8.13. The van der Waals surface area contributed by atoms with Gasteiger partial charge in [0.1, 0.15) is 0 Å². The molecule has 1 aliphatic rings. The second kappa shape index (κ2) is 6.66. The third-order valence-corrected chi connectivity index (χ3v) is 3.33. The van der Waals surface area contributed by atoms with Gasteiger partial charge in [0, 0.05) is 18.8 Å². The Bertz CT molecular complexity index is 148. The Morgan fingerprint density at radius 3 is 3.25 bits per heavy atom. The smallest absolute Gasteiger partial charge is 0.156 e. The zero-order chi connectivity index (χ0) is 8.65. The van der Waals surface area contributed by atoms with Crippen molar-refractivity contribution in [2.24, 2.45) is 4.99 Å². The first-order chi connectivity index (χ1) is 5.93. The molecule has 0 fully saturated rings. The van der Waals surface area contributed by atoms with Crippen LogP contribution in [0.3, 0.4) is 0 Å². The lowest BCUT2D eigenvalue weighted by molar-refractivity contribution is 0.839. The predicted octanol–water partition coefficient (Wildman–Crippen LogP) is 1.82. The molecule has 0 bridgehead atoms. The molecule has 12 heavy (non-hydrogen) atoms. The van der Waals surface area contributed by atoms with Gasteiger partial charge in [-0.05, 0) is 24.9 Å². The molecule has 0 aromatic carbocycles. The molecule has 0 spiro atoms. The molecule has 1 N–H and O–H groups in total. The van der Waals surface area contributed by atoms with E-state index in [9.17, 15) is 0 Å². The summed E-state index contributed by atoms with van der Waals surface area (Å²) in [7, 11) is 0. The predicted molar refractivity (Wildman–Crippen MR) is 60.4 cm³/mol. The van der Waals surface area contributed by atoms with Crippen molar-refractivity contribution in [3.05, 3.63) is 0 Å². The van der Waals surface area contributed by atoms with Gasteiger partial charge in [-0.3, -0.25) is 4.99 Å². The second-order valence-corrected chi connectivity index (χ2v) is 4.73. The number of hydrogen-bond donors (Lipinski definition) is 1. The highest BCUT2D eigenvalue weighted by Gasteiger charge is 2.03. The van der Waals surface area contributed by atoms with E-state index in [1.807, 2.05) is 23.5 Å². The first kappa shape index (κ1) is 10.3. The molecule has 1 heterocycles. The van der Waals surface area contributed by atoms with E-state index >= 15 is 0 Å². The Morgan fingerprint density at radius 2 is 2.58 bits per heavy atom. The van der Waals surface area contributed by atoms with Crippen molar-refractivity contribution in [2.75, 3.05) is 30.9 Å². The summed E-state index contributed by atoms with van der Waals surface area (Å²) < 4.78 is 0. The molecule has 1 rings (SSSR count). The molecule has 0 radical (unpaired) electrons. The highest BCUT2D eigenvalue weighted by Crippen LogP contribution is 2.09. The molecule has 0 saturated carbocycles. The molecule has 0 saturated heterocycles. The zero-order valence-corrected chi connectivity index (χ0v) is 9.14. The number of hydrogen-bond acceptors (Lipinski definition) is 4. The summed E-state index contributed by atoms with van der Waals surface area (Å²) in [6.07, 6.45) is 4.62. The van der Waals surface area contributed by atoms with Gasteiger partial charge in [0.25, 0.3) is 0 Å². The van der Waals surface area contributed by atoms with Crippen LogP contribution in [0.4, 0.5) is 0 Å². The van der Waals surface area contributed by atoms with E-state index in [1.54, 1.807) is 0 Å². The Labute approximate surface area is 83.0 Å². The normalized spacial score (nSPS) is 17.2. The number of amidine groups is 1. The van der Waals surface area contributed by atoms with E-state index in [0.29, 0.717) is 0 Å². The summed E-state index contributed by atoms with van der Waals surface area (Å²) >= 11 is 3.75. The van der Waals surface area contributed by atoms with E-state index < -0.39 is 0 Å². The van der Waals surface area contributed by atoms with Crippen LogP contribution in [0.15, 0.2) is 4.99 Å². The molecular weight excluding hydrogens is 188 g/mol. The fraction of sp³-hybridized carbons (Fsp3) is 0.875. The third-order valence-electron chi connectivity index (χ3n) is 1.60. The van der Waals surface area contributed by atoms with Crippen molar-refractivity contribution in [2.45, 2.75) is 12.8 Å². The summed E-state index contributed by atoms with van der Waals surface area (Å²) in [5.41, 5.74) is 0. The van der Waals surface area contributed by atoms with Crippen molar-refractivity contribution in [3.63, 3.8) is 0 Å². The van der Waals surface area contributed by atoms with Crippen LogP contribution in [0.25, 0.3) is 0 Å². The molecule has 70 valence electrons. The van der Waals surface area contributed by atoms with Crippen LogP contribution in [0.2, 0.25) is 0 Å². The fourth-order valence-corrected chi connectivity index (χ4v) is 2.26. The van der Waals surface area contributed by atoms with Crippen LogP contribution in [0.5, 0.6) is 0 Å². The Balaban J connectivity index is 2.01. The number of aliphatic imine (C=N–C) groups is 1. The van der Waals surface area contributed by atoms with Gasteiger partial charge >= 0.3 is 0 Å². The maximum atomic E-state index is 4.39. The van der Waals surface area contributed by atoms with E-state index in [0.717, 1.165) is 18.3 Å². The van der Waals surface area contributed by atoms with Gasteiger partial charge < -0.3 is 5.32 Å². The maximum Gasteiger partial charge on any atom is 0.156 e. The summed E-state index contributed by atoms with van der Waals surface area (Å²) in [6, 6.07) is 0. The standard InChI is InChI=1S/C8H16N2S2/c1-11-6-2-4-9-8-10-5-3-7-12-8/h2-7H2,1H3,(H,9,10). The van der Waals surface area contributed by atoms with Crippen LogP contribution >= 0.6 is 23.5 Å². The lowest BCUT2D eigenvalue weighted by Crippen LogP contribution is -2.24. The van der Waals surface area contributed by atoms with Gasteiger partial charge in [0.15, 0.2) is 5.17 Å². The minimum Gasteiger partial charge on any atom is -0.365 e. The Hall–Kier alpha value is 0.170. The number of nitrogens with zero attached hydrogens (tertiary/aromatic N) is 1. The van der Waals surface area contributed by atoms with Crippen molar-refractivity contribution in [1.82, 2.24) is 5.32 Å².